The first-order valence-electron chi connectivity index (χ1n) is 5.72. The van der Waals surface area contributed by atoms with Gasteiger partial charge in [-0.25, -0.2) is 13.8 Å². The van der Waals surface area contributed by atoms with E-state index in [0.717, 1.165) is 5.69 Å². The SMILES string of the molecule is O=S1(=O)C[C@@H](O)[C@H](NNC(=S)Nc2ccccc2)C1. The van der Waals surface area contributed by atoms with Crippen molar-refractivity contribution < 1.29 is 13.5 Å². The highest BCUT2D eigenvalue weighted by Crippen LogP contribution is 2.11. The lowest BCUT2D eigenvalue weighted by atomic mass is 10.2. The Labute approximate surface area is 117 Å². The maximum Gasteiger partial charge on any atom is 0.185 e. The van der Waals surface area contributed by atoms with Gasteiger partial charge in [-0.2, -0.15) is 0 Å². The van der Waals surface area contributed by atoms with Crippen LogP contribution in [0.3, 0.4) is 0 Å². The van der Waals surface area contributed by atoms with Gasteiger partial charge in [0.15, 0.2) is 14.9 Å². The minimum Gasteiger partial charge on any atom is -0.390 e. The Kier molecular flexibility index (Phi) is 4.35. The summed E-state index contributed by atoms with van der Waals surface area (Å²) in [5.41, 5.74) is 6.23. The fraction of sp³-hybridized carbons (Fsp3) is 0.364. The van der Waals surface area contributed by atoms with Gasteiger partial charge in [0.05, 0.1) is 23.7 Å². The molecule has 8 heteroatoms. The Morgan fingerprint density at radius 3 is 2.53 bits per heavy atom. The third kappa shape index (κ3) is 4.13. The molecule has 2 atom stereocenters. The highest BCUT2D eigenvalue weighted by Gasteiger charge is 2.36. The summed E-state index contributed by atoms with van der Waals surface area (Å²) >= 11 is 5.05. The molecule has 0 radical (unpaired) electrons. The largest absolute Gasteiger partial charge is 0.390 e. The van der Waals surface area contributed by atoms with Crippen molar-refractivity contribution in [3.05, 3.63) is 30.3 Å². The monoisotopic (exact) mass is 301 g/mol. The summed E-state index contributed by atoms with van der Waals surface area (Å²) in [5, 5.41) is 12.8. The van der Waals surface area contributed by atoms with Crippen LogP contribution in [0.25, 0.3) is 0 Å². The zero-order valence-corrected chi connectivity index (χ0v) is 11.7. The molecule has 2 rings (SSSR count). The molecule has 1 aromatic rings. The number of anilines is 1. The summed E-state index contributed by atoms with van der Waals surface area (Å²) in [6, 6.07) is 8.77. The van der Waals surface area contributed by atoms with Crippen molar-refractivity contribution in [1.82, 2.24) is 10.9 Å². The average molecular weight is 301 g/mol. The molecule has 0 amide bonds. The standard InChI is InChI=1S/C11H15N3O3S2/c15-10-7-19(16,17)6-9(10)13-14-11(18)12-8-4-2-1-3-5-8/h1-5,9-10,13,15H,6-7H2,(H2,12,14,18)/t9-,10-/m1/s1. The Bertz CT molecular complexity index is 548. The first-order valence-corrected chi connectivity index (χ1v) is 7.95. The molecule has 19 heavy (non-hydrogen) atoms. The summed E-state index contributed by atoms with van der Waals surface area (Å²) in [6.07, 6.45) is -0.919. The Morgan fingerprint density at radius 2 is 1.95 bits per heavy atom. The van der Waals surface area contributed by atoms with Crippen LogP contribution in [-0.2, 0) is 9.84 Å². The summed E-state index contributed by atoms with van der Waals surface area (Å²) in [4.78, 5) is 0. The molecule has 1 aliphatic heterocycles. The fourth-order valence-electron chi connectivity index (χ4n) is 1.81. The lowest BCUT2D eigenvalue weighted by Crippen LogP contribution is -2.50. The van der Waals surface area contributed by atoms with Crippen LogP contribution in [0, 0.1) is 0 Å². The van der Waals surface area contributed by atoms with Crippen molar-refractivity contribution in [3.63, 3.8) is 0 Å². The van der Waals surface area contributed by atoms with E-state index in [1.54, 1.807) is 0 Å². The van der Waals surface area contributed by atoms with Crippen LogP contribution in [-0.4, -0.2) is 42.3 Å². The number of nitrogens with one attached hydrogen (secondary N) is 3. The maximum absolute atomic E-state index is 11.3. The van der Waals surface area contributed by atoms with E-state index in [0.29, 0.717) is 5.11 Å². The Morgan fingerprint density at radius 1 is 1.26 bits per heavy atom. The van der Waals surface area contributed by atoms with Crippen LogP contribution in [0.15, 0.2) is 30.3 Å². The number of aliphatic hydroxyl groups excluding tert-OH is 1. The number of hydrazine groups is 1. The Hall–Kier alpha value is -1.22. The van der Waals surface area contributed by atoms with E-state index in [4.69, 9.17) is 12.2 Å². The van der Waals surface area contributed by atoms with Crippen molar-refractivity contribution in [1.29, 1.82) is 0 Å². The normalized spacial score (nSPS) is 24.9. The molecule has 104 valence electrons. The fourth-order valence-corrected chi connectivity index (χ4v) is 3.73. The molecule has 0 aromatic heterocycles. The maximum atomic E-state index is 11.3. The summed E-state index contributed by atoms with van der Waals surface area (Å²) in [5.74, 6) is -0.319. The molecule has 1 heterocycles. The van der Waals surface area contributed by atoms with Crippen molar-refractivity contribution in [2.24, 2.45) is 0 Å². The number of hydrogen-bond acceptors (Lipinski definition) is 5. The molecule has 1 aliphatic rings. The highest BCUT2D eigenvalue weighted by molar-refractivity contribution is 7.91. The summed E-state index contributed by atoms with van der Waals surface area (Å²) < 4.78 is 22.6. The predicted octanol–water partition coefficient (Wildman–Crippen LogP) is -0.364. The molecular formula is C11H15N3O3S2. The van der Waals surface area contributed by atoms with E-state index in [2.05, 4.69) is 16.2 Å². The number of hydrogen-bond donors (Lipinski definition) is 4. The van der Waals surface area contributed by atoms with E-state index in [9.17, 15) is 13.5 Å². The van der Waals surface area contributed by atoms with Gasteiger partial charge in [0.2, 0.25) is 0 Å². The van der Waals surface area contributed by atoms with Gasteiger partial charge < -0.3 is 10.4 Å². The second-order valence-corrected chi connectivity index (χ2v) is 6.90. The van der Waals surface area contributed by atoms with Crippen molar-refractivity contribution in [2.45, 2.75) is 12.1 Å². The van der Waals surface area contributed by atoms with E-state index in [1.807, 2.05) is 30.3 Å². The predicted molar refractivity (Wildman–Crippen MR) is 77.4 cm³/mol. The van der Waals surface area contributed by atoms with Gasteiger partial charge in [-0.3, -0.25) is 5.43 Å². The number of thiocarbonyl (C=S) groups is 1. The third-order valence-electron chi connectivity index (χ3n) is 2.73. The first-order chi connectivity index (χ1) is 8.96. The number of para-hydroxylation sites is 1. The van der Waals surface area contributed by atoms with Crippen molar-refractivity contribution in [3.8, 4) is 0 Å². The number of rotatable bonds is 3. The third-order valence-corrected chi connectivity index (χ3v) is 4.65. The molecule has 1 fully saturated rings. The van der Waals surface area contributed by atoms with E-state index in [-0.39, 0.29) is 11.5 Å². The Balaban J connectivity index is 1.81. The molecule has 6 nitrogen and oxygen atoms in total. The van der Waals surface area contributed by atoms with Crippen LogP contribution in [0.4, 0.5) is 5.69 Å². The molecular weight excluding hydrogens is 286 g/mol. The van der Waals surface area contributed by atoms with Gasteiger partial charge in [0.25, 0.3) is 0 Å². The van der Waals surface area contributed by atoms with Gasteiger partial charge in [-0.1, -0.05) is 18.2 Å². The van der Waals surface area contributed by atoms with E-state index < -0.39 is 22.0 Å². The zero-order chi connectivity index (χ0) is 13.9. The second-order valence-electron chi connectivity index (χ2n) is 4.34. The number of benzene rings is 1. The molecule has 0 bridgehead atoms. The highest BCUT2D eigenvalue weighted by atomic mass is 32.2. The molecule has 1 saturated heterocycles. The van der Waals surface area contributed by atoms with Crippen LogP contribution in [0.2, 0.25) is 0 Å². The summed E-state index contributed by atoms with van der Waals surface area (Å²) in [6.45, 7) is 0. The molecule has 0 saturated carbocycles. The quantitative estimate of drug-likeness (QED) is 0.447. The van der Waals surface area contributed by atoms with Gasteiger partial charge in [0, 0.05) is 5.69 Å². The topological polar surface area (TPSA) is 90.5 Å². The van der Waals surface area contributed by atoms with Gasteiger partial charge in [0.1, 0.15) is 0 Å². The second kappa shape index (κ2) is 5.83. The van der Waals surface area contributed by atoms with Crippen LogP contribution in [0.1, 0.15) is 0 Å². The minimum atomic E-state index is -3.17. The van der Waals surface area contributed by atoms with Crippen LogP contribution in [0.5, 0.6) is 0 Å². The van der Waals surface area contributed by atoms with E-state index >= 15 is 0 Å². The van der Waals surface area contributed by atoms with Gasteiger partial charge in [-0.15, -0.1) is 0 Å². The van der Waals surface area contributed by atoms with Crippen molar-refractivity contribution in [2.75, 3.05) is 16.8 Å². The van der Waals surface area contributed by atoms with Gasteiger partial charge in [-0.05, 0) is 24.4 Å². The number of sulfone groups is 1. The molecule has 4 N–H and O–H groups in total. The average Bonchev–Trinajstić information content (AvgIpc) is 2.61. The van der Waals surface area contributed by atoms with Crippen molar-refractivity contribution >= 4 is 32.9 Å². The zero-order valence-electron chi connectivity index (χ0n) is 10.0. The summed E-state index contributed by atoms with van der Waals surface area (Å²) in [7, 11) is -3.17. The number of aliphatic hydroxyl groups is 1. The lowest BCUT2D eigenvalue weighted by Gasteiger charge is -2.17. The van der Waals surface area contributed by atoms with Crippen LogP contribution < -0.4 is 16.2 Å². The van der Waals surface area contributed by atoms with Gasteiger partial charge >= 0.3 is 0 Å². The lowest BCUT2D eigenvalue weighted by molar-refractivity contribution is 0.163. The first kappa shape index (κ1) is 14.2. The molecule has 1 aromatic carbocycles. The van der Waals surface area contributed by atoms with E-state index in [1.165, 1.54) is 0 Å². The molecule has 0 unspecified atom stereocenters. The molecule has 0 spiro atoms. The minimum absolute atomic E-state index is 0.102. The smallest absolute Gasteiger partial charge is 0.185 e. The molecule has 0 aliphatic carbocycles. The van der Waals surface area contributed by atoms with Crippen LogP contribution >= 0.6 is 12.2 Å².